The van der Waals surface area contributed by atoms with Crippen molar-refractivity contribution in [1.82, 2.24) is 0 Å². The van der Waals surface area contributed by atoms with Crippen LogP contribution in [0.15, 0.2) is 12.1 Å². The standard InChI is InChI=1S/C12H15BrO2/c1-7-5-8(2)12(15-4)10(6-7)11(14)9(3)13/h5-6,9H,1-4H3. The number of alkyl halides is 1. The fourth-order valence-electron chi connectivity index (χ4n) is 1.62. The number of carbonyl (C=O) groups is 1. The molecular weight excluding hydrogens is 256 g/mol. The predicted molar refractivity (Wildman–Crippen MR) is 65.2 cm³/mol. The Bertz CT molecular complexity index is 383. The van der Waals surface area contributed by atoms with Gasteiger partial charge in [0.05, 0.1) is 17.5 Å². The van der Waals surface area contributed by atoms with E-state index in [1.807, 2.05) is 32.9 Å². The molecule has 0 fully saturated rings. The van der Waals surface area contributed by atoms with E-state index in [1.54, 1.807) is 7.11 Å². The molecule has 0 bridgehead atoms. The minimum Gasteiger partial charge on any atom is -0.496 e. The second kappa shape index (κ2) is 4.79. The molecule has 0 aliphatic heterocycles. The van der Waals surface area contributed by atoms with Crippen LogP contribution in [0.5, 0.6) is 5.75 Å². The average molecular weight is 271 g/mol. The lowest BCUT2D eigenvalue weighted by Crippen LogP contribution is -2.12. The molecule has 1 rings (SSSR count). The molecule has 0 saturated heterocycles. The Morgan fingerprint density at radius 3 is 2.47 bits per heavy atom. The van der Waals surface area contributed by atoms with Gasteiger partial charge >= 0.3 is 0 Å². The lowest BCUT2D eigenvalue weighted by Gasteiger charge is -2.12. The molecule has 0 heterocycles. The van der Waals surface area contributed by atoms with Crippen LogP contribution in [0.1, 0.15) is 28.4 Å². The molecule has 0 aromatic heterocycles. The first-order valence-corrected chi connectivity index (χ1v) is 5.72. The van der Waals surface area contributed by atoms with Crippen molar-refractivity contribution in [2.45, 2.75) is 25.6 Å². The van der Waals surface area contributed by atoms with Gasteiger partial charge in [-0.2, -0.15) is 0 Å². The summed E-state index contributed by atoms with van der Waals surface area (Å²) in [5.41, 5.74) is 2.72. The van der Waals surface area contributed by atoms with Gasteiger partial charge in [-0.25, -0.2) is 0 Å². The van der Waals surface area contributed by atoms with Crippen molar-refractivity contribution in [1.29, 1.82) is 0 Å². The highest BCUT2D eigenvalue weighted by molar-refractivity contribution is 9.10. The van der Waals surface area contributed by atoms with Crippen molar-refractivity contribution >= 4 is 21.7 Å². The number of hydrogen-bond acceptors (Lipinski definition) is 2. The Kier molecular flexibility index (Phi) is 3.91. The summed E-state index contributed by atoms with van der Waals surface area (Å²) >= 11 is 3.28. The molecule has 15 heavy (non-hydrogen) atoms. The SMILES string of the molecule is COc1c(C)cc(C)cc1C(=O)C(C)Br. The minimum atomic E-state index is -0.187. The highest BCUT2D eigenvalue weighted by atomic mass is 79.9. The number of benzene rings is 1. The Labute approximate surface area is 98.8 Å². The Morgan fingerprint density at radius 2 is 2.00 bits per heavy atom. The van der Waals surface area contributed by atoms with E-state index in [-0.39, 0.29) is 10.6 Å². The van der Waals surface area contributed by atoms with E-state index in [1.165, 1.54) is 0 Å². The maximum atomic E-state index is 11.9. The molecule has 0 spiro atoms. The first-order valence-electron chi connectivity index (χ1n) is 4.81. The molecule has 1 aromatic rings. The number of halogens is 1. The van der Waals surface area contributed by atoms with Gasteiger partial charge in [0.2, 0.25) is 0 Å². The van der Waals surface area contributed by atoms with Crippen LogP contribution in [0, 0.1) is 13.8 Å². The number of Topliss-reactive ketones (excluding diaryl/α,β-unsaturated/α-hetero) is 1. The number of ether oxygens (including phenoxy) is 1. The van der Waals surface area contributed by atoms with Gasteiger partial charge in [-0.05, 0) is 38.0 Å². The molecule has 0 N–H and O–H groups in total. The Morgan fingerprint density at radius 1 is 1.40 bits per heavy atom. The quantitative estimate of drug-likeness (QED) is 0.623. The number of hydrogen-bond donors (Lipinski definition) is 0. The van der Waals surface area contributed by atoms with Gasteiger partial charge in [-0.1, -0.05) is 22.0 Å². The first kappa shape index (κ1) is 12.2. The van der Waals surface area contributed by atoms with Crippen molar-refractivity contribution in [3.05, 3.63) is 28.8 Å². The van der Waals surface area contributed by atoms with Crippen LogP contribution in [0.25, 0.3) is 0 Å². The second-order valence-corrected chi connectivity index (χ2v) is 5.02. The van der Waals surface area contributed by atoms with Crippen LogP contribution in [0.4, 0.5) is 0 Å². The van der Waals surface area contributed by atoms with Crippen molar-refractivity contribution in [3.8, 4) is 5.75 Å². The van der Waals surface area contributed by atoms with Crippen LogP contribution >= 0.6 is 15.9 Å². The van der Waals surface area contributed by atoms with Crippen molar-refractivity contribution in [2.24, 2.45) is 0 Å². The number of methoxy groups -OCH3 is 1. The topological polar surface area (TPSA) is 26.3 Å². The third kappa shape index (κ3) is 2.59. The Hall–Kier alpha value is -0.830. The van der Waals surface area contributed by atoms with Crippen molar-refractivity contribution < 1.29 is 9.53 Å². The first-order chi connectivity index (χ1) is 6.97. The number of aryl methyl sites for hydroxylation is 2. The molecule has 1 aromatic carbocycles. The fourth-order valence-corrected chi connectivity index (χ4v) is 1.87. The van der Waals surface area contributed by atoms with Gasteiger partial charge < -0.3 is 4.74 Å². The lowest BCUT2D eigenvalue weighted by atomic mass is 10.0. The average Bonchev–Trinajstić information content (AvgIpc) is 2.15. The molecule has 82 valence electrons. The van der Waals surface area contributed by atoms with Gasteiger partial charge in [-0.15, -0.1) is 0 Å². The molecule has 0 aliphatic rings. The highest BCUT2D eigenvalue weighted by Crippen LogP contribution is 2.27. The third-order valence-corrected chi connectivity index (χ3v) is 2.67. The summed E-state index contributed by atoms with van der Waals surface area (Å²) in [6, 6.07) is 3.88. The van der Waals surface area contributed by atoms with Gasteiger partial charge in [0.25, 0.3) is 0 Å². The lowest BCUT2D eigenvalue weighted by molar-refractivity contribution is 0.0992. The number of rotatable bonds is 3. The van der Waals surface area contributed by atoms with E-state index < -0.39 is 0 Å². The van der Waals surface area contributed by atoms with Crippen LogP contribution < -0.4 is 4.74 Å². The molecule has 0 saturated carbocycles. The maximum Gasteiger partial charge on any atom is 0.179 e. The van der Waals surface area contributed by atoms with Crippen LogP contribution in [-0.4, -0.2) is 17.7 Å². The van der Waals surface area contributed by atoms with Crippen molar-refractivity contribution in [2.75, 3.05) is 7.11 Å². The van der Waals surface area contributed by atoms with E-state index in [0.29, 0.717) is 11.3 Å². The fraction of sp³-hybridized carbons (Fsp3) is 0.417. The van der Waals surface area contributed by atoms with Crippen LogP contribution in [0.3, 0.4) is 0 Å². The zero-order valence-corrected chi connectivity index (χ0v) is 11.0. The minimum absolute atomic E-state index is 0.0543. The summed E-state index contributed by atoms with van der Waals surface area (Å²) in [6.07, 6.45) is 0. The molecule has 0 radical (unpaired) electrons. The summed E-state index contributed by atoms with van der Waals surface area (Å²) in [4.78, 5) is 11.7. The monoisotopic (exact) mass is 270 g/mol. The zero-order chi connectivity index (χ0) is 11.6. The third-order valence-electron chi connectivity index (χ3n) is 2.25. The van der Waals surface area contributed by atoms with Gasteiger partial charge in [0.1, 0.15) is 5.75 Å². The largest absolute Gasteiger partial charge is 0.496 e. The predicted octanol–water partition coefficient (Wildman–Crippen LogP) is 3.28. The number of carbonyl (C=O) groups excluding carboxylic acids is 1. The smallest absolute Gasteiger partial charge is 0.179 e. The summed E-state index contributed by atoms with van der Waals surface area (Å²) in [5, 5.41) is 0. The summed E-state index contributed by atoms with van der Waals surface area (Å²) in [7, 11) is 1.59. The number of ketones is 1. The van der Waals surface area contributed by atoms with E-state index in [0.717, 1.165) is 11.1 Å². The molecule has 0 amide bonds. The summed E-state index contributed by atoms with van der Waals surface area (Å²) in [5.74, 6) is 0.732. The van der Waals surface area contributed by atoms with Gasteiger partial charge in [-0.3, -0.25) is 4.79 Å². The van der Waals surface area contributed by atoms with E-state index in [9.17, 15) is 4.79 Å². The van der Waals surface area contributed by atoms with E-state index in [4.69, 9.17) is 4.74 Å². The zero-order valence-electron chi connectivity index (χ0n) is 9.43. The second-order valence-electron chi connectivity index (χ2n) is 3.64. The van der Waals surface area contributed by atoms with Crippen LogP contribution in [0.2, 0.25) is 0 Å². The van der Waals surface area contributed by atoms with Crippen molar-refractivity contribution in [3.63, 3.8) is 0 Å². The highest BCUT2D eigenvalue weighted by Gasteiger charge is 2.18. The summed E-state index contributed by atoms with van der Waals surface area (Å²) in [6.45, 7) is 5.74. The molecule has 0 aliphatic carbocycles. The Balaban J connectivity index is 3.32. The normalized spacial score (nSPS) is 12.3. The van der Waals surface area contributed by atoms with E-state index in [2.05, 4.69) is 15.9 Å². The van der Waals surface area contributed by atoms with Crippen LogP contribution in [-0.2, 0) is 0 Å². The van der Waals surface area contributed by atoms with Gasteiger partial charge in [0.15, 0.2) is 5.78 Å². The van der Waals surface area contributed by atoms with E-state index >= 15 is 0 Å². The molecular formula is C12H15BrO2. The molecule has 1 atom stereocenters. The summed E-state index contributed by atoms with van der Waals surface area (Å²) < 4.78 is 5.26. The molecule has 2 nitrogen and oxygen atoms in total. The van der Waals surface area contributed by atoms with Gasteiger partial charge in [0, 0.05) is 0 Å². The molecule has 1 unspecified atom stereocenters. The maximum absolute atomic E-state index is 11.9. The molecule has 3 heteroatoms.